The van der Waals surface area contributed by atoms with Gasteiger partial charge >= 0.3 is 5.97 Å². The van der Waals surface area contributed by atoms with E-state index in [2.05, 4.69) is 11.9 Å². The lowest BCUT2D eigenvalue weighted by molar-refractivity contribution is -0.136. The molecule has 0 atom stereocenters. The van der Waals surface area contributed by atoms with Crippen molar-refractivity contribution in [2.75, 3.05) is 0 Å². The molecule has 0 aliphatic carbocycles. The molecule has 0 fully saturated rings. The van der Waals surface area contributed by atoms with Gasteiger partial charge in [0.1, 0.15) is 5.76 Å². The molecule has 0 heterocycles. The zero-order valence-electron chi connectivity index (χ0n) is 11.8. The van der Waals surface area contributed by atoms with Crippen molar-refractivity contribution in [3.8, 4) is 0 Å². The van der Waals surface area contributed by atoms with Crippen molar-refractivity contribution in [3.63, 3.8) is 0 Å². The van der Waals surface area contributed by atoms with Crippen LogP contribution in [0.1, 0.15) is 54.4 Å². The van der Waals surface area contributed by atoms with Gasteiger partial charge in [-0.3, -0.25) is 9.79 Å². The Hall–Kier alpha value is -1.38. The number of aliphatic imine (C=N–C) groups is 1. The molecule has 3 nitrogen and oxygen atoms in total. The Morgan fingerprint density at radius 3 is 2.18 bits per heavy atom. The summed E-state index contributed by atoms with van der Waals surface area (Å²) in [5.41, 5.74) is 2.92. The van der Waals surface area contributed by atoms with E-state index in [0.29, 0.717) is 5.76 Å². The normalized spacial score (nSPS) is 12.9. The van der Waals surface area contributed by atoms with Crippen LogP contribution >= 0.6 is 0 Å². The summed E-state index contributed by atoms with van der Waals surface area (Å²) in [6.07, 6.45) is 3.66. The summed E-state index contributed by atoms with van der Waals surface area (Å²) < 4.78 is 5.21. The smallest absolute Gasteiger partial charge is 0.308 e. The molecule has 0 aliphatic rings. The van der Waals surface area contributed by atoms with Crippen LogP contribution in [0.2, 0.25) is 0 Å². The fourth-order valence-corrected chi connectivity index (χ4v) is 1.58. The third-order valence-corrected chi connectivity index (χ3v) is 2.14. The summed E-state index contributed by atoms with van der Waals surface area (Å²) >= 11 is 0. The highest BCUT2D eigenvalue weighted by atomic mass is 16.5. The molecule has 0 spiro atoms. The number of nitrogens with zero attached hydrogens (tertiary/aromatic N) is 1. The van der Waals surface area contributed by atoms with Gasteiger partial charge in [0.05, 0.1) is 0 Å². The molecule has 0 bridgehead atoms. The first-order valence-electron chi connectivity index (χ1n) is 5.99. The van der Waals surface area contributed by atoms with Gasteiger partial charge in [0, 0.05) is 23.9 Å². The molecule has 0 N–H and O–H groups in total. The van der Waals surface area contributed by atoms with Crippen molar-refractivity contribution in [2.24, 2.45) is 4.99 Å². The van der Waals surface area contributed by atoms with E-state index in [4.69, 9.17) is 4.74 Å². The lowest BCUT2D eigenvalue weighted by Crippen LogP contribution is -2.03. The summed E-state index contributed by atoms with van der Waals surface area (Å²) in [5, 5.41) is 0. The average Bonchev–Trinajstić information content (AvgIpc) is 2.21. The van der Waals surface area contributed by atoms with Crippen LogP contribution in [0.5, 0.6) is 0 Å². The van der Waals surface area contributed by atoms with Crippen LogP contribution in [0.3, 0.4) is 0 Å². The number of allylic oxidation sites excluding steroid dienone is 3. The number of esters is 1. The van der Waals surface area contributed by atoms with Crippen molar-refractivity contribution in [2.45, 2.75) is 54.4 Å². The molecule has 3 heteroatoms. The highest BCUT2D eigenvalue weighted by Gasteiger charge is 2.11. The minimum Gasteiger partial charge on any atom is -0.427 e. The first-order valence-corrected chi connectivity index (χ1v) is 5.99. The van der Waals surface area contributed by atoms with Gasteiger partial charge in [-0.2, -0.15) is 0 Å². The molecule has 0 amide bonds. The Kier molecular flexibility index (Phi) is 7.19. The fourth-order valence-electron chi connectivity index (χ4n) is 1.58. The van der Waals surface area contributed by atoms with Crippen LogP contribution in [0.4, 0.5) is 0 Å². The van der Waals surface area contributed by atoms with Crippen LogP contribution in [-0.4, -0.2) is 11.7 Å². The Morgan fingerprint density at radius 1 is 1.24 bits per heavy atom. The van der Waals surface area contributed by atoms with Gasteiger partial charge in [0.2, 0.25) is 0 Å². The van der Waals surface area contributed by atoms with Crippen LogP contribution in [-0.2, 0) is 9.53 Å². The topological polar surface area (TPSA) is 38.7 Å². The van der Waals surface area contributed by atoms with Gasteiger partial charge in [0.25, 0.3) is 0 Å². The van der Waals surface area contributed by atoms with Crippen molar-refractivity contribution < 1.29 is 9.53 Å². The number of ether oxygens (including phenoxy) is 1. The maximum atomic E-state index is 11.0. The molecule has 0 aromatic carbocycles. The molecule has 0 aliphatic heterocycles. The van der Waals surface area contributed by atoms with E-state index < -0.39 is 0 Å². The maximum absolute atomic E-state index is 11.0. The molecule has 0 radical (unpaired) electrons. The van der Waals surface area contributed by atoms with E-state index in [1.807, 2.05) is 33.8 Å². The number of rotatable bonds is 5. The molecule has 0 unspecified atom stereocenters. The number of carbonyl (C=O) groups is 1. The Bertz CT molecular complexity index is 358. The number of hydrogen-bond acceptors (Lipinski definition) is 3. The Balaban J connectivity index is 5.33. The third-order valence-electron chi connectivity index (χ3n) is 2.14. The molecule has 96 valence electrons. The zero-order chi connectivity index (χ0) is 13.4. The minimum atomic E-state index is -0.295. The van der Waals surface area contributed by atoms with E-state index in [1.165, 1.54) is 6.92 Å². The summed E-state index contributed by atoms with van der Waals surface area (Å²) in [5.74, 6) is 0.332. The average molecular weight is 237 g/mol. The van der Waals surface area contributed by atoms with Crippen molar-refractivity contribution in [3.05, 3.63) is 23.1 Å². The summed E-state index contributed by atoms with van der Waals surface area (Å²) in [7, 11) is 0. The highest BCUT2D eigenvalue weighted by molar-refractivity contribution is 5.80. The van der Waals surface area contributed by atoms with Gasteiger partial charge < -0.3 is 4.74 Å². The number of hydrogen-bond donors (Lipinski definition) is 0. The van der Waals surface area contributed by atoms with Crippen LogP contribution in [0, 0.1) is 0 Å². The van der Waals surface area contributed by atoms with Gasteiger partial charge in [-0.05, 0) is 40.2 Å². The zero-order valence-corrected chi connectivity index (χ0v) is 11.8. The van der Waals surface area contributed by atoms with Gasteiger partial charge in [0.15, 0.2) is 0 Å². The second-order valence-corrected chi connectivity index (χ2v) is 4.12. The molecular formula is C14H23NO2. The first kappa shape index (κ1) is 15.6. The minimum absolute atomic E-state index is 0.295. The van der Waals surface area contributed by atoms with E-state index in [0.717, 1.165) is 29.8 Å². The second kappa shape index (κ2) is 7.82. The van der Waals surface area contributed by atoms with E-state index >= 15 is 0 Å². The summed E-state index contributed by atoms with van der Waals surface area (Å²) in [4.78, 5) is 15.5. The quantitative estimate of drug-likeness (QED) is 0.313. The molecule has 0 aromatic heterocycles. The van der Waals surface area contributed by atoms with E-state index in [1.54, 1.807) is 0 Å². The van der Waals surface area contributed by atoms with Gasteiger partial charge in [-0.25, -0.2) is 0 Å². The first-order chi connectivity index (χ1) is 7.92. The third kappa shape index (κ3) is 6.05. The van der Waals surface area contributed by atoms with Crippen LogP contribution < -0.4 is 0 Å². The standard InChI is InChI=1S/C14H23NO2/c1-7-9-13(11(5)15-10(3)4)14(8-2)17-12(6)16/h8H,7,9H2,1-6H3/b13-11-,14-8-. The number of carbonyl (C=O) groups excluding carboxylic acids is 1. The molecular weight excluding hydrogens is 214 g/mol. The fraction of sp³-hybridized carbons (Fsp3) is 0.571. The predicted molar refractivity (Wildman–Crippen MR) is 71.9 cm³/mol. The van der Waals surface area contributed by atoms with Crippen LogP contribution in [0.15, 0.2) is 28.1 Å². The van der Waals surface area contributed by atoms with Crippen LogP contribution in [0.25, 0.3) is 0 Å². The lowest BCUT2D eigenvalue weighted by Gasteiger charge is -2.12. The predicted octanol–water partition coefficient (Wildman–Crippen LogP) is 4.01. The van der Waals surface area contributed by atoms with E-state index in [-0.39, 0.29) is 5.97 Å². The maximum Gasteiger partial charge on any atom is 0.308 e. The van der Waals surface area contributed by atoms with Gasteiger partial charge in [-0.1, -0.05) is 13.3 Å². The lowest BCUT2D eigenvalue weighted by atomic mass is 10.1. The van der Waals surface area contributed by atoms with Crippen molar-refractivity contribution in [1.82, 2.24) is 0 Å². The Labute approximate surface area is 104 Å². The van der Waals surface area contributed by atoms with E-state index in [9.17, 15) is 4.79 Å². The molecule has 0 aromatic rings. The largest absolute Gasteiger partial charge is 0.427 e. The Morgan fingerprint density at radius 2 is 1.82 bits per heavy atom. The second-order valence-electron chi connectivity index (χ2n) is 4.12. The highest BCUT2D eigenvalue weighted by Crippen LogP contribution is 2.22. The molecule has 0 rings (SSSR count). The van der Waals surface area contributed by atoms with Crippen molar-refractivity contribution >= 4 is 11.7 Å². The molecule has 17 heavy (non-hydrogen) atoms. The summed E-state index contributed by atoms with van der Waals surface area (Å²) in [6.45, 7) is 11.2. The molecule has 0 saturated carbocycles. The van der Waals surface area contributed by atoms with Gasteiger partial charge in [-0.15, -0.1) is 0 Å². The van der Waals surface area contributed by atoms with Crippen molar-refractivity contribution in [1.29, 1.82) is 0 Å². The molecule has 0 saturated heterocycles. The monoisotopic (exact) mass is 237 g/mol. The SMILES string of the molecule is C/C=C(OC(C)=O)/C(CCC)=C(/C)N=C(C)C. The summed E-state index contributed by atoms with van der Waals surface area (Å²) in [6, 6.07) is 0.